The summed E-state index contributed by atoms with van der Waals surface area (Å²) in [6.07, 6.45) is 0.263. The number of amides is 2. The molecule has 3 aromatic rings. The largest absolute Gasteiger partial charge is 0.515 e. The summed E-state index contributed by atoms with van der Waals surface area (Å²) >= 11 is 5.86. The average molecular weight is 546 g/mol. The predicted molar refractivity (Wildman–Crippen MR) is 135 cm³/mol. The molecule has 2 N–H and O–H groups in total. The Morgan fingerprint density at radius 1 is 0.973 bits per heavy atom. The monoisotopic (exact) mass is 545 g/mol. The van der Waals surface area contributed by atoms with Crippen molar-refractivity contribution in [1.29, 1.82) is 0 Å². The number of halogens is 1. The molecule has 12 heteroatoms. The van der Waals surface area contributed by atoms with Crippen LogP contribution in [0.5, 0.6) is 5.88 Å². The molecule has 1 heterocycles. The zero-order chi connectivity index (χ0) is 27.0. The molecule has 0 fully saturated rings. The number of benzene rings is 2. The summed E-state index contributed by atoms with van der Waals surface area (Å²) in [6, 6.07) is 15.0. The molecule has 0 saturated carbocycles. The SMILES string of the molecule is CC(C)OC(=O)Oc1ccc(C(=O)NS(=O)(=O)c2cccc(C(=O)NCCc3ccc(Cl)cc3)c2)cn1. The van der Waals surface area contributed by atoms with Crippen molar-refractivity contribution in [2.24, 2.45) is 0 Å². The molecule has 2 aromatic carbocycles. The lowest BCUT2D eigenvalue weighted by molar-refractivity contribution is 0.0715. The standard InChI is InChI=1S/C25H24ClN3O7S/c1-16(2)35-25(32)36-22-11-8-19(15-28-22)24(31)29-37(33,34)21-5-3-4-18(14-21)23(30)27-13-12-17-6-9-20(26)10-7-17/h3-11,14-16H,12-13H2,1-2H3,(H,27,30)(H,29,31). The lowest BCUT2D eigenvalue weighted by Gasteiger charge is -2.10. The molecular weight excluding hydrogens is 522 g/mol. The first-order valence-corrected chi connectivity index (χ1v) is 12.9. The van der Waals surface area contributed by atoms with Gasteiger partial charge >= 0.3 is 6.16 Å². The van der Waals surface area contributed by atoms with Crippen molar-refractivity contribution in [3.8, 4) is 5.88 Å². The van der Waals surface area contributed by atoms with Crippen LogP contribution in [-0.2, 0) is 21.2 Å². The molecule has 2 amide bonds. The second kappa shape index (κ2) is 12.3. The number of rotatable bonds is 9. The van der Waals surface area contributed by atoms with E-state index < -0.39 is 28.0 Å². The molecule has 0 radical (unpaired) electrons. The van der Waals surface area contributed by atoms with Crippen molar-refractivity contribution in [2.45, 2.75) is 31.3 Å². The maximum Gasteiger partial charge on any atom is 0.515 e. The van der Waals surface area contributed by atoms with Gasteiger partial charge in [-0.25, -0.2) is 22.9 Å². The Bertz CT molecular complexity index is 1380. The van der Waals surface area contributed by atoms with Gasteiger partial charge in [-0.1, -0.05) is 29.8 Å². The number of ether oxygens (including phenoxy) is 2. The van der Waals surface area contributed by atoms with Crippen LogP contribution in [0.25, 0.3) is 0 Å². The maximum absolute atomic E-state index is 12.8. The first-order valence-electron chi connectivity index (χ1n) is 11.1. The Kier molecular flexibility index (Phi) is 9.20. The lowest BCUT2D eigenvalue weighted by Crippen LogP contribution is -2.31. The van der Waals surface area contributed by atoms with Crippen LogP contribution >= 0.6 is 11.6 Å². The fourth-order valence-electron chi connectivity index (χ4n) is 2.99. The molecule has 0 aliphatic heterocycles. The molecule has 3 rings (SSSR count). The van der Waals surface area contributed by atoms with Crippen LogP contribution in [0.2, 0.25) is 5.02 Å². The van der Waals surface area contributed by atoms with Gasteiger partial charge in [-0.05, 0) is 62.2 Å². The van der Waals surface area contributed by atoms with Crippen LogP contribution in [0.15, 0.2) is 71.8 Å². The summed E-state index contributed by atoms with van der Waals surface area (Å²) in [6.45, 7) is 3.62. The number of pyridine rings is 1. The third-order valence-electron chi connectivity index (χ3n) is 4.76. The predicted octanol–water partition coefficient (Wildman–Crippen LogP) is 3.75. The van der Waals surface area contributed by atoms with E-state index in [1.165, 1.54) is 36.4 Å². The number of hydrogen-bond donors (Lipinski definition) is 2. The highest BCUT2D eigenvalue weighted by Gasteiger charge is 2.21. The zero-order valence-corrected chi connectivity index (χ0v) is 21.5. The van der Waals surface area contributed by atoms with E-state index in [0.717, 1.165) is 11.8 Å². The van der Waals surface area contributed by atoms with Gasteiger partial charge in [0, 0.05) is 29.4 Å². The van der Waals surface area contributed by atoms with Gasteiger partial charge in [0.2, 0.25) is 5.88 Å². The summed E-state index contributed by atoms with van der Waals surface area (Å²) < 4.78 is 37.1. The first kappa shape index (κ1) is 27.6. The quantitative estimate of drug-likeness (QED) is 0.387. The minimum atomic E-state index is -4.30. The summed E-state index contributed by atoms with van der Waals surface area (Å²) in [5, 5.41) is 3.34. The molecule has 0 atom stereocenters. The molecule has 194 valence electrons. The molecule has 10 nitrogen and oxygen atoms in total. The van der Waals surface area contributed by atoms with Crippen LogP contribution in [-0.4, -0.2) is 44.0 Å². The molecular formula is C25H24ClN3O7S. The number of carbonyl (C=O) groups is 3. The van der Waals surface area contributed by atoms with E-state index in [9.17, 15) is 22.8 Å². The Labute approximate surface area is 219 Å². The number of nitrogens with zero attached hydrogens (tertiary/aromatic N) is 1. The van der Waals surface area contributed by atoms with Gasteiger partial charge in [-0.3, -0.25) is 9.59 Å². The summed E-state index contributed by atoms with van der Waals surface area (Å²) in [7, 11) is -4.30. The van der Waals surface area contributed by atoms with E-state index >= 15 is 0 Å². The molecule has 1 aromatic heterocycles. The molecule has 0 spiro atoms. The van der Waals surface area contributed by atoms with Gasteiger partial charge in [0.15, 0.2) is 0 Å². The van der Waals surface area contributed by atoms with Gasteiger partial charge in [-0.2, -0.15) is 0 Å². The molecule has 0 aliphatic rings. The van der Waals surface area contributed by atoms with Crippen LogP contribution in [0.3, 0.4) is 0 Å². The second-order valence-electron chi connectivity index (χ2n) is 8.00. The highest BCUT2D eigenvalue weighted by atomic mass is 35.5. The number of hydrogen-bond acceptors (Lipinski definition) is 8. The fourth-order valence-corrected chi connectivity index (χ4v) is 4.14. The van der Waals surface area contributed by atoms with Crippen LogP contribution in [0.4, 0.5) is 4.79 Å². The normalized spacial score (nSPS) is 11.0. The fraction of sp³-hybridized carbons (Fsp3) is 0.200. The lowest BCUT2D eigenvalue weighted by atomic mass is 10.1. The number of aromatic nitrogens is 1. The van der Waals surface area contributed by atoms with E-state index in [2.05, 4.69) is 10.3 Å². The first-order chi connectivity index (χ1) is 17.5. The van der Waals surface area contributed by atoms with E-state index in [4.69, 9.17) is 21.1 Å². The molecule has 0 bridgehead atoms. The van der Waals surface area contributed by atoms with Crippen molar-refractivity contribution in [3.63, 3.8) is 0 Å². The maximum atomic E-state index is 12.8. The van der Waals surface area contributed by atoms with E-state index in [-0.39, 0.29) is 28.0 Å². The zero-order valence-electron chi connectivity index (χ0n) is 19.9. The van der Waals surface area contributed by atoms with E-state index in [0.29, 0.717) is 18.0 Å². The molecule has 0 saturated heterocycles. The number of nitrogens with one attached hydrogen (secondary N) is 2. The van der Waals surface area contributed by atoms with Crippen molar-refractivity contribution >= 4 is 39.6 Å². The summed E-state index contributed by atoms with van der Waals surface area (Å²) in [5.74, 6) is -1.55. The second-order valence-corrected chi connectivity index (χ2v) is 10.1. The van der Waals surface area contributed by atoms with E-state index in [1.807, 2.05) is 16.9 Å². The molecule has 0 unspecified atom stereocenters. The van der Waals surface area contributed by atoms with Gasteiger partial charge in [0.25, 0.3) is 21.8 Å². The highest BCUT2D eigenvalue weighted by Crippen LogP contribution is 2.14. The third kappa shape index (κ3) is 8.29. The van der Waals surface area contributed by atoms with Crippen molar-refractivity contribution in [3.05, 3.63) is 88.6 Å². The average Bonchev–Trinajstić information content (AvgIpc) is 2.85. The van der Waals surface area contributed by atoms with Gasteiger partial charge in [-0.15, -0.1) is 0 Å². The van der Waals surface area contributed by atoms with Gasteiger partial charge < -0.3 is 14.8 Å². The topological polar surface area (TPSA) is 141 Å². The van der Waals surface area contributed by atoms with E-state index in [1.54, 1.807) is 26.0 Å². The van der Waals surface area contributed by atoms with Gasteiger partial charge in [0.1, 0.15) is 0 Å². The molecule has 0 aliphatic carbocycles. The van der Waals surface area contributed by atoms with Crippen molar-refractivity contribution < 1.29 is 32.3 Å². The minimum Gasteiger partial charge on any atom is -0.431 e. The van der Waals surface area contributed by atoms with Crippen LogP contribution < -0.4 is 14.8 Å². The van der Waals surface area contributed by atoms with Crippen LogP contribution in [0, 0.1) is 0 Å². The molecule has 37 heavy (non-hydrogen) atoms. The smallest absolute Gasteiger partial charge is 0.431 e. The minimum absolute atomic E-state index is 0.0933. The van der Waals surface area contributed by atoms with Crippen molar-refractivity contribution in [2.75, 3.05) is 6.54 Å². The number of sulfonamides is 1. The summed E-state index contributed by atoms with van der Waals surface area (Å²) in [5.41, 5.74) is 1.00. The Morgan fingerprint density at radius 2 is 1.70 bits per heavy atom. The Hall–Kier alpha value is -3.96. The Morgan fingerprint density at radius 3 is 2.35 bits per heavy atom. The van der Waals surface area contributed by atoms with Gasteiger partial charge in [0.05, 0.1) is 16.6 Å². The summed E-state index contributed by atoms with van der Waals surface area (Å²) in [4.78, 5) is 40.0. The number of carbonyl (C=O) groups excluding carboxylic acids is 3. The third-order valence-corrected chi connectivity index (χ3v) is 6.35. The highest BCUT2D eigenvalue weighted by molar-refractivity contribution is 7.90. The van der Waals surface area contributed by atoms with Crippen LogP contribution in [0.1, 0.15) is 40.1 Å². The van der Waals surface area contributed by atoms with Crippen molar-refractivity contribution in [1.82, 2.24) is 15.0 Å². The Balaban J connectivity index is 1.60.